The molecule has 0 atom stereocenters. The first-order valence-electron chi connectivity index (χ1n) is 3.87. The lowest BCUT2D eigenvalue weighted by atomic mass is 10.2. The molecule has 11 heavy (non-hydrogen) atoms. The summed E-state index contributed by atoms with van der Waals surface area (Å²) in [5.41, 5.74) is 4.91. The van der Waals surface area contributed by atoms with Crippen molar-refractivity contribution < 1.29 is 0 Å². The summed E-state index contributed by atoms with van der Waals surface area (Å²) in [6.45, 7) is 2.04. The molecule has 0 saturated carbocycles. The predicted molar refractivity (Wildman–Crippen MR) is 46.5 cm³/mol. The van der Waals surface area contributed by atoms with E-state index < -0.39 is 0 Å². The number of nitrogens with one attached hydrogen (secondary N) is 3. The van der Waals surface area contributed by atoms with Crippen molar-refractivity contribution in [2.24, 2.45) is 0 Å². The Balaban J connectivity index is 2.35. The third kappa shape index (κ3) is 0.533. The normalized spacial score (nSPS) is 16.0. The zero-order valence-electron chi connectivity index (χ0n) is 6.07. The van der Waals surface area contributed by atoms with Gasteiger partial charge in [0.2, 0.25) is 0 Å². The summed E-state index contributed by atoms with van der Waals surface area (Å²) >= 11 is 0. The van der Waals surface area contributed by atoms with E-state index in [-0.39, 0.29) is 0 Å². The largest absolute Gasteiger partial charge is 0.380 e. The van der Waals surface area contributed by atoms with E-state index in [0.717, 1.165) is 13.1 Å². The van der Waals surface area contributed by atoms with Crippen molar-refractivity contribution in [3.8, 4) is 0 Å². The molecular formula is C8H9N3. The minimum Gasteiger partial charge on any atom is -0.380 e. The molecule has 0 spiro atoms. The van der Waals surface area contributed by atoms with Crippen LogP contribution >= 0.6 is 0 Å². The van der Waals surface area contributed by atoms with Crippen molar-refractivity contribution in [2.75, 3.05) is 23.7 Å². The summed E-state index contributed by atoms with van der Waals surface area (Å²) in [5, 5.41) is 6.72. The number of anilines is 2. The molecule has 0 aliphatic carbocycles. The maximum atomic E-state index is 3.36. The fourth-order valence-electron chi connectivity index (χ4n) is 1.70. The van der Waals surface area contributed by atoms with Crippen molar-refractivity contribution in [3.63, 3.8) is 0 Å². The van der Waals surface area contributed by atoms with Crippen LogP contribution in [0.15, 0.2) is 12.1 Å². The van der Waals surface area contributed by atoms with E-state index in [1.54, 1.807) is 0 Å². The molecule has 0 saturated heterocycles. The highest BCUT2D eigenvalue weighted by Crippen LogP contribution is 2.36. The Kier molecular flexibility index (Phi) is 0.776. The van der Waals surface area contributed by atoms with Gasteiger partial charge in [-0.2, -0.15) is 0 Å². The molecule has 0 unspecified atom stereocenters. The summed E-state index contributed by atoms with van der Waals surface area (Å²) < 4.78 is 0. The number of hydrogen-bond acceptors (Lipinski definition) is 2. The van der Waals surface area contributed by atoms with E-state index >= 15 is 0 Å². The van der Waals surface area contributed by atoms with Crippen LogP contribution in [0.1, 0.15) is 0 Å². The number of H-pyrrole nitrogens is 1. The Morgan fingerprint density at radius 2 is 1.45 bits per heavy atom. The lowest BCUT2D eigenvalue weighted by Gasteiger charge is -2.17. The first-order valence-corrected chi connectivity index (χ1v) is 3.87. The second-order valence-corrected chi connectivity index (χ2v) is 2.89. The van der Waals surface area contributed by atoms with Gasteiger partial charge in [0.05, 0.1) is 22.4 Å². The van der Waals surface area contributed by atoms with Gasteiger partial charge in [-0.1, -0.05) is 0 Å². The minimum absolute atomic E-state index is 1.02. The lowest BCUT2D eigenvalue weighted by molar-refractivity contribution is 1.06. The van der Waals surface area contributed by atoms with Gasteiger partial charge in [0.15, 0.2) is 0 Å². The Labute approximate surface area is 64.1 Å². The Morgan fingerprint density at radius 1 is 0.909 bits per heavy atom. The van der Waals surface area contributed by atoms with Crippen molar-refractivity contribution in [1.82, 2.24) is 4.98 Å². The predicted octanol–water partition coefficient (Wildman–Crippen LogP) is 1.44. The van der Waals surface area contributed by atoms with E-state index in [4.69, 9.17) is 0 Å². The van der Waals surface area contributed by atoms with Crippen molar-refractivity contribution in [1.29, 1.82) is 0 Å². The second kappa shape index (κ2) is 1.61. The summed E-state index contributed by atoms with van der Waals surface area (Å²) in [4.78, 5) is 3.29. The van der Waals surface area contributed by atoms with Gasteiger partial charge in [-0.15, -0.1) is 0 Å². The SMILES string of the molecule is c1cc2[nH]c1c1c2NCCN1. The number of benzene rings is 1. The first kappa shape index (κ1) is 5.29. The Bertz CT molecular complexity index is 342. The number of aromatic amines is 1. The zero-order valence-corrected chi connectivity index (χ0v) is 6.07. The molecule has 56 valence electrons. The van der Waals surface area contributed by atoms with Crippen LogP contribution in [0.4, 0.5) is 11.4 Å². The highest BCUT2D eigenvalue weighted by Gasteiger charge is 2.15. The fourth-order valence-corrected chi connectivity index (χ4v) is 1.70. The molecule has 0 fully saturated rings. The number of hydrogen-bond donors (Lipinski definition) is 3. The van der Waals surface area contributed by atoms with Crippen LogP contribution in [0.25, 0.3) is 11.0 Å². The van der Waals surface area contributed by atoms with Crippen molar-refractivity contribution in [3.05, 3.63) is 12.1 Å². The third-order valence-electron chi connectivity index (χ3n) is 2.20. The van der Waals surface area contributed by atoms with E-state index in [0.29, 0.717) is 0 Å². The maximum absolute atomic E-state index is 3.36. The Morgan fingerprint density at radius 3 is 2.00 bits per heavy atom. The van der Waals surface area contributed by atoms with Crippen LogP contribution in [0.2, 0.25) is 0 Å². The lowest BCUT2D eigenvalue weighted by Crippen LogP contribution is -2.19. The smallest absolute Gasteiger partial charge is 0.0837 e. The van der Waals surface area contributed by atoms with Gasteiger partial charge in [-0.3, -0.25) is 0 Å². The monoisotopic (exact) mass is 147 g/mol. The fraction of sp³-hybridized carbons (Fsp3) is 0.250. The highest BCUT2D eigenvalue weighted by molar-refractivity contribution is 6.00. The summed E-state index contributed by atoms with van der Waals surface area (Å²) in [6, 6.07) is 4.21. The van der Waals surface area contributed by atoms with Gasteiger partial charge in [0, 0.05) is 13.1 Å². The molecule has 2 bridgehead atoms. The summed E-state index contributed by atoms with van der Waals surface area (Å²) in [6.07, 6.45) is 0. The third-order valence-corrected chi connectivity index (χ3v) is 2.20. The molecule has 0 aromatic carbocycles. The van der Waals surface area contributed by atoms with Gasteiger partial charge >= 0.3 is 0 Å². The molecule has 1 aliphatic heterocycles. The van der Waals surface area contributed by atoms with Gasteiger partial charge in [-0.25, -0.2) is 0 Å². The minimum atomic E-state index is 1.02. The molecule has 1 aliphatic rings. The van der Waals surface area contributed by atoms with E-state index in [9.17, 15) is 0 Å². The van der Waals surface area contributed by atoms with E-state index in [2.05, 4.69) is 27.8 Å². The van der Waals surface area contributed by atoms with Crippen LogP contribution in [0.3, 0.4) is 0 Å². The topological polar surface area (TPSA) is 39.9 Å². The molecule has 3 rings (SSSR count). The molecule has 2 aromatic heterocycles. The number of rotatable bonds is 0. The summed E-state index contributed by atoms with van der Waals surface area (Å²) in [7, 11) is 0. The van der Waals surface area contributed by atoms with E-state index in [1.807, 2.05) is 0 Å². The molecule has 2 aromatic rings. The first-order chi connectivity index (χ1) is 5.45. The van der Waals surface area contributed by atoms with Crippen LogP contribution < -0.4 is 10.6 Å². The van der Waals surface area contributed by atoms with Gasteiger partial charge in [0.25, 0.3) is 0 Å². The standard InChI is InChI=1S/C8H9N3/c1-2-6-8-7(5(1)11-6)9-3-4-10-8/h1-2,9-11H,3-4H2. The molecule has 3 N–H and O–H groups in total. The molecule has 3 heteroatoms. The van der Waals surface area contributed by atoms with Gasteiger partial charge in [0.1, 0.15) is 0 Å². The second-order valence-electron chi connectivity index (χ2n) is 2.89. The van der Waals surface area contributed by atoms with E-state index in [1.165, 1.54) is 22.4 Å². The van der Waals surface area contributed by atoms with Crippen molar-refractivity contribution in [2.45, 2.75) is 0 Å². The molecular weight excluding hydrogens is 138 g/mol. The molecule has 0 amide bonds. The highest BCUT2D eigenvalue weighted by atomic mass is 15.1. The number of fused-ring (bicyclic) bond motifs is 5. The van der Waals surface area contributed by atoms with Gasteiger partial charge < -0.3 is 15.6 Å². The average Bonchev–Trinajstić information content (AvgIpc) is 2.64. The van der Waals surface area contributed by atoms with Crippen LogP contribution in [0.5, 0.6) is 0 Å². The quantitative estimate of drug-likeness (QED) is 0.527. The average molecular weight is 147 g/mol. The van der Waals surface area contributed by atoms with Gasteiger partial charge in [-0.05, 0) is 12.1 Å². The van der Waals surface area contributed by atoms with Crippen LogP contribution in [-0.2, 0) is 0 Å². The van der Waals surface area contributed by atoms with Crippen LogP contribution in [0, 0.1) is 0 Å². The Hall–Kier alpha value is -1.38. The zero-order chi connectivity index (χ0) is 7.26. The van der Waals surface area contributed by atoms with Crippen molar-refractivity contribution >= 4 is 22.4 Å². The number of aromatic nitrogens is 1. The molecule has 3 nitrogen and oxygen atoms in total. The van der Waals surface area contributed by atoms with Crippen LogP contribution in [-0.4, -0.2) is 18.1 Å². The molecule has 3 heterocycles. The maximum Gasteiger partial charge on any atom is 0.0837 e. The summed E-state index contributed by atoms with van der Waals surface area (Å²) in [5.74, 6) is 0. The molecule has 0 radical (unpaired) electrons.